The molecule has 19 heavy (non-hydrogen) atoms. The van der Waals surface area contributed by atoms with Crippen molar-refractivity contribution in [3.8, 4) is 0 Å². The quantitative estimate of drug-likeness (QED) is 0.681. The summed E-state index contributed by atoms with van der Waals surface area (Å²) in [6, 6.07) is 1.53. The first-order valence-corrected chi connectivity index (χ1v) is 8.45. The molecule has 1 atom stereocenters. The number of nitrogens with one attached hydrogen (secondary N) is 1. The van der Waals surface area contributed by atoms with Gasteiger partial charge in [0.05, 0.1) is 0 Å². The molecule has 2 aliphatic rings. The van der Waals surface area contributed by atoms with Crippen LogP contribution in [0.25, 0.3) is 0 Å². The van der Waals surface area contributed by atoms with E-state index >= 15 is 0 Å². The molecule has 0 aromatic rings. The van der Waals surface area contributed by atoms with Crippen LogP contribution >= 0.6 is 0 Å². The van der Waals surface area contributed by atoms with Crippen LogP contribution in [0.15, 0.2) is 0 Å². The summed E-state index contributed by atoms with van der Waals surface area (Å²) in [7, 11) is 0. The highest BCUT2D eigenvalue weighted by Crippen LogP contribution is 2.21. The Hall–Kier alpha value is -0.120. The third-order valence-corrected chi connectivity index (χ3v) is 4.63. The van der Waals surface area contributed by atoms with Crippen molar-refractivity contribution < 1.29 is 0 Å². The van der Waals surface area contributed by atoms with Crippen molar-refractivity contribution in [3.05, 3.63) is 0 Å². The molecule has 0 aromatic carbocycles. The number of rotatable bonds is 8. The maximum atomic E-state index is 3.50. The molecule has 0 bridgehead atoms. The molecular weight excluding hydrogens is 234 g/mol. The summed E-state index contributed by atoms with van der Waals surface area (Å²) in [6.45, 7) is 12.3. The summed E-state index contributed by atoms with van der Waals surface area (Å²) in [5.41, 5.74) is 0. The van der Waals surface area contributed by atoms with Gasteiger partial charge >= 0.3 is 0 Å². The molecule has 0 saturated carbocycles. The van der Waals surface area contributed by atoms with Crippen molar-refractivity contribution in [2.45, 2.75) is 64.5 Å². The molecule has 1 N–H and O–H groups in total. The summed E-state index contributed by atoms with van der Waals surface area (Å²) in [4.78, 5) is 5.41. The van der Waals surface area contributed by atoms with Gasteiger partial charge in [-0.25, -0.2) is 0 Å². The molecular formula is C16H33N3. The van der Waals surface area contributed by atoms with Crippen molar-refractivity contribution in [2.24, 2.45) is 0 Å². The fourth-order valence-electron chi connectivity index (χ4n) is 3.46. The van der Waals surface area contributed by atoms with Crippen LogP contribution in [-0.4, -0.2) is 61.2 Å². The Labute approximate surface area is 119 Å². The lowest BCUT2D eigenvalue weighted by atomic mass is 10.1. The van der Waals surface area contributed by atoms with Gasteiger partial charge in [0.1, 0.15) is 0 Å². The van der Waals surface area contributed by atoms with Crippen LogP contribution in [0.2, 0.25) is 0 Å². The maximum absolute atomic E-state index is 3.50. The topological polar surface area (TPSA) is 18.5 Å². The Morgan fingerprint density at radius 2 is 1.89 bits per heavy atom. The Morgan fingerprint density at radius 3 is 2.74 bits per heavy atom. The van der Waals surface area contributed by atoms with Crippen LogP contribution in [0, 0.1) is 0 Å². The zero-order chi connectivity index (χ0) is 13.5. The van der Waals surface area contributed by atoms with Gasteiger partial charge in [0, 0.05) is 31.7 Å². The van der Waals surface area contributed by atoms with E-state index in [9.17, 15) is 0 Å². The molecule has 1 unspecified atom stereocenters. The molecule has 2 fully saturated rings. The van der Waals surface area contributed by atoms with E-state index in [0.717, 1.165) is 6.04 Å². The Bertz CT molecular complexity index is 242. The highest BCUT2D eigenvalue weighted by molar-refractivity contribution is 4.86. The minimum atomic E-state index is 0.641. The smallest absolute Gasteiger partial charge is 0.0224 e. The van der Waals surface area contributed by atoms with E-state index in [1.165, 1.54) is 77.8 Å². The summed E-state index contributed by atoms with van der Waals surface area (Å²) < 4.78 is 0. The van der Waals surface area contributed by atoms with E-state index < -0.39 is 0 Å². The first-order valence-electron chi connectivity index (χ1n) is 8.45. The van der Waals surface area contributed by atoms with E-state index in [1.807, 2.05) is 0 Å². The molecule has 2 rings (SSSR count). The molecule has 0 aliphatic carbocycles. The molecule has 3 nitrogen and oxygen atoms in total. The molecule has 2 aliphatic heterocycles. The van der Waals surface area contributed by atoms with E-state index in [4.69, 9.17) is 0 Å². The third-order valence-electron chi connectivity index (χ3n) is 4.63. The fraction of sp³-hybridized carbons (Fsp3) is 1.00. The number of hydrogen-bond donors (Lipinski definition) is 1. The molecule has 0 aromatic heterocycles. The van der Waals surface area contributed by atoms with Gasteiger partial charge in [-0.05, 0) is 45.3 Å². The predicted molar refractivity (Wildman–Crippen MR) is 82.6 cm³/mol. The third kappa shape index (κ3) is 5.41. The lowest BCUT2D eigenvalue weighted by Crippen LogP contribution is -2.50. The van der Waals surface area contributed by atoms with Gasteiger partial charge in [-0.1, -0.05) is 26.7 Å². The lowest BCUT2D eigenvalue weighted by molar-refractivity contribution is 0.103. The second kappa shape index (κ2) is 8.23. The monoisotopic (exact) mass is 267 g/mol. The fourth-order valence-corrected chi connectivity index (χ4v) is 3.46. The average Bonchev–Trinajstić information content (AvgIpc) is 2.84. The normalized spacial score (nSPS) is 25.1. The molecule has 0 spiro atoms. The molecule has 0 amide bonds. The molecule has 3 heteroatoms. The lowest BCUT2D eigenvalue weighted by Gasteiger charge is -2.37. The second-order valence-corrected chi connectivity index (χ2v) is 6.66. The highest BCUT2D eigenvalue weighted by Gasteiger charge is 2.29. The summed E-state index contributed by atoms with van der Waals surface area (Å²) in [6.07, 6.45) is 8.41. The van der Waals surface area contributed by atoms with Crippen molar-refractivity contribution in [2.75, 3.05) is 39.3 Å². The Kier molecular flexibility index (Phi) is 6.62. The van der Waals surface area contributed by atoms with Gasteiger partial charge in [-0.3, -0.25) is 4.90 Å². The van der Waals surface area contributed by atoms with E-state index in [-0.39, 0.29) is 0 Å². The first kappa shape index (κ1) is 15.3. The summed E-state index contributed by atoms with van der Waals surface area (Å²) in [5.74, 6) is 0. The minimum Gasteiger partial charge on any atom is -0.315 e. The van der Waals surface area contributed by atoms with E-state index in [0.29, 0.717) is 6.04 Å². The van der Waals surface area contributed by atoms with Crippen LogP contribution in [0.1, 0.15) is 52.4 Å². The Morgan fingerprint density at radius 1 is 1.05 bits per heavy atom. The van der Waals surface area contributed by atoms with Crippen LogP contribution in [-0.2, 0) is 0 Å². The highest BCUT2D eigenvalue weighted by atomic mass is 15.3. The van der Waals surface area contributed by atoms with Crippen molar-refractivity contribution in [3.63, 3.8) is 0 Å². The zero-order valence-electron chi connectivity index (χ0n) is 13.0. The second-order valence-electron chi connectivity index (χ2n) is 6.66. The van der Waals surface area contributed by atoms with Gasteiger partial charge in [0.2, 0.25) is 0 Å². The number of hydrogen-bond acceptors (Lipinski definition) is 3. The minimum absolute atomic E-state index is 0.641. The molecule has 2 heterocycles. The Balaban J connectivity index is 1.45. The SMILES string of the molecule is CC(C)NCCCCCCN1CCN2CCCC2C1. The van der Waals surface area contributed by atoms with Crippen LogP contribution in [0.5, 0.6) is 0 Å². The maximum Gasteiger partial charge on any atom is 0.0224 e. The van der Waals surface area contributed by atoms with Gasteiger partial charge in [0.15, 0.2) is 0 Å². The van der Waals surface area contributed by atoms with Crippen molar-refractivity contribution in [1.29, 1.82) is 0 Å². The van der Waals surface area contributed by atoms with Crippen LogP contribution < -0.4 is 5.32 Å². The standard InChI is InChI=1S/C16H33N3/c1-15(2)17-9-5-3-4-6-10-18-12-13-19-11-7-8-16(19)14-18/h15-17H,3-14H2,1-2H3. The zero-order valence-corrected chi connectivity index (χ0v) is 13.0. The average molecular weight is 267 g/mol. The van der Waals surface area contributed by atoms with Crippen LogP contribution in [0.3, 0.4) is 0 Å². The molecule has 2 saturated heterocycles. The van der Waals surface area contributed by atoms with E-state index in [1.54, 1.807) is 0 Å². The van der Waals surface area contributed by atoms with Crippen LogP contribution in [0.4, 0.5) is 0 Å². The molecule has 112 valence electrons. The van der Waals surface area contributed by atoms with Gasteiger partial charge in [0.25, 0.3) is 0 Å². The predicted octanol–water partition coefficient (Wildman–Crippen LogP) is 2.32. The van der Waals surface area contributed by atoms with Gasteiger partial charge in [-0.15, -0.1) is 0 Å². The summed E-state index contributed by atoms with van der Waals surface area (Å²) in [5, 5.41) is 3.50. The number of fused-ring (bicyclic) bond motifs is 1. The van der Waals surface area contributed by atoms with Crippen molar-refractivity contribution >= 4 is 0 Å². The first-order chi connectivity index (χ1) is 9.25. The number of unbranched alkanes of at least 4 members (excludes halogenated alkanes) is 3. The molecule has 0 radical (unpaired) electrons. The van der Waals surface area contributed by atoms with E-state index in [2.05, 4.69) is 29.0 Å². The van der Waals surface area contributed by atoms with Crippen molar-refractivity contribution in [1.82, 2.24) is 15.1 Å². The van der Waals surface area contributed by atoms with Gasteiger partial charge < -0.3 is 10.2 Å². The largest absolute Gasteiger partial charge is 0.315 e. The number of nitrogens with zero attached hydrogens (tertiary/aromatic N) is 2. The van der Waals surface area contributed by atoms with Gasteiger partial charge in [-0.2, -0.15) is 0 Å². The summed E-state index contributed by atoms with van der Waals surface area (Å²) >= 11 is 0. The number of piperazine rings is 1.